The number of hydrogen-bond acceptors (Lipinski definition) is 1. The minimum atomic E-state index is -0.513. The van der Waals surface area contributed by atoms with Crippen molar-refractivity contribution >= 4 is 45.0 Å². The van der Waals surface area contributed by atoms with Gasteiger partial charge in [-0.15, -0.1) is 0 Å². The van der Waals surface area contributed by atoms with Gasteiger partial charge in [0.15, 0.2) is 0 Å². The number of alkyl halides is 1. The summed E-state index contributed by atoms with van der Waals surface area (Å²) < 4.78 is 13.3. The molecule has 2 atom stereocenters. The van der Waals surface area contributed by atoms with Crippen molar-refractivity contribution in [3.8, 4) is 0 Å². The second-order valence-electron chi connectivity index (χ2n) is 3.83. The predicted molar refractivity (Wildman–Crippen MR) is 71.5 cm³/mol. The Labute approximate surface area is 112 Å². The van der Waals surface area contributed by atoms with Crippen molar-refractivity contribution in [3.63, 3.8) is 0 Å². The summed E-state index contributed by atoms with van der Waals surface area (Å²) in [4.78, 5) is 10.9. The summed E-state index contributed by atoms with van der Waals surface area (Å²) in [5.74, 6) is -0.0113. The van der Waals surface area contributed by atoms with Crippen LogP contribution < -0.4 is 0 Å². The summed E-state index contributed by atoms with van der Waals surface area (Å²) >= 11 is 7.62. The van der Waals surface area contributed by atoms with Crippen LogP contribution in [0.2, 0.25) is 0 Å². The molecule has 0 radical (unpaired) electrons. The zero-order valence-corrected chi connectivity index (χ0v) is 11.4. The summed E-state index contributed by atoms with van der Waals surface area (Å²) in [7, 11) is 0. The van der Waals surface area contributed by atoms with E-state index in [1.165, 1.54) is 18.2 Å². The Bertz CT molecular complexity index is 484. The summed E-state index contributed by atoms with van der Waals surface area (Å²) in [6.07, 6.45) is 1.39. The van der Waals surface area contributed by atoms with E-state index in [1.807, 2.05) is 0 Å². The second-order valence-corrected chi connectivity index (χ2v) is 5.54. The molecule has 1 nitrogen and oxygen atoms in total. The van der Waals surface area contributed by atoms with Gasteiger partial charge in [-0.2, -0.15) is 0 Å². The normalized spacial score (nSPS) is 25.9. The van der Waals surface area contributed by atoms with Gasteiger partial charge in [-0.1, -0.05) is 35.6 Å². The Hall–Kier alpha value is -0.420. The zero-order valence-electron chi connectivity index (χ0n) is 8.51. The average Bonchev–Trinajstić information content (AvgIpc) is 2.43. The Morgan fingerprint density at radius 3 is 2.88 bits per heavy atom. The first-order valence-corrected chi connectivity index (χ1v) is 6.48. The zero-order chi connectivity index (χ0) is 11.9. The minimum Gasteiger partial charge on any atom is -0.276 e. The predicted octanol–water partition coefficient (Wildman–Crippen LogP) is 3.90. The number of carbonyl (C=O) groups excluding carboxylic acids is 1. The second kappa shape index (κ2) is 4.45. The number of benzene rings is 1. The van der Waals surface area contributed by atoms with Crippen molar-refractivity contribution in [1.29, 1.82) is 0 Å². The molecule has 16 heavy (non-hydrogen) atoms. The molecule has 0 fully saturated rings. The Morgan fingerprint density at radius 1 is 1.56 bits per heavy atom. The largest absolute Gasteiger partial charge is 0.276 e. The molecule has 0 saturated carbocycles. The van der Waals surface area contributed by atoms with E-state index in [0.717, 1.165) is 16.7 Å². The van der Waals surface area contributed by atoms with Crippen LogP contribution in [0.3, 0.4) is 0 Å². The van der Waals surface area contributed by atoms with E-state index in [-0.39, 0.29) is 15.7 Å². The first kappa shape index (κ1) is 12.0. The lowest BCUT2D eigenvalue weighted by molar-refractivity contribution is -0.107. The van der Waals surface area contributed by atoms with Crippen LogP contribution >= 0.6 is 34.2 Å². The maximum atomic E-state index is 13.2. The van der Waals surface area contributed by atoms with Crippen LogP contribution in [-0.2, 0) is 4.79 Å². The van der Waals surface area contributed by atoms with E-state index in [2.05, 4.69) is 29.5 Å². The molecule has 0 aliphatic heterocycles. The van der Waals surface area contributed by atoms with E-state index in [1.54, 1.807) is 6.07 Å². The third kappa shape index (κ3) is 2.02. The van der Waals surface area contributed by atoms with E-state index in [0.29, 0.717) is 0 Å². The fourth-order valence-electron chi connectivity index (χ4n) is 2.03. The lowest BCUT2D eigenvalue weighted by Gasteiger charge is -2.08. The number of rotatable bonds is 1. The molecule has 84 valence electrons. The molecule has 0 saturated heterocycles. The maximum absolute atomic E-state index is 13.2. The van der Waals surface area contributed by atoms with E-state index in [9.17, 15) is 9.18 Å². The molecule has 0 bridgehead atoms. The van der Waals surface area contributed by atoms with Crippen LogP contribution in [0.1, 0.15) is 24.0 Å². The first-order chi connectivity index (χ1) is 7.50. The van der Waals surface area contributed by atoms with Crippen LogP contribution in [0, 0.1) is 5.82 Å². The van der Waals surface area contributed by atoms with Gasteiger partial charge in [0.05, 0.1) is 0 Å². The van der Waals surface area contributed by atoms with Gasteiger partial charge in [-0.3, -0.25) is 4.79 Å². The standard InChI is InChI=1S/C12H9ClFIO/c1-6-8-3-2-7(14)4-9(8)10(12(6)15)5-11(13)16/h2-6,12H,1H3. The highest BCUT2D eigenvalue weighted by Crippen LogP contribution is 2.45. The van der Waals surface area contributed by atoms with Crippen LogP contribution in [-0.4, -0.2) is 9.17 Å². The number of carbonyl (C=O) groups is 1. The van der Waals surface area contributed by atoms with E-state index >= 15 is 0 Å². The van der Waals surface area contributed by atoms with Crippen molar-refractivity contribution in [3.05, 3.63) is 41.2 Å². The van der Waals surface area contributed by atoms with Gasteiger partial charge in [0, 0.05) is 10.0 Å². The molecule has 1 aromatic carbocycles. The summed E-state index contributed by atoms with van der Waals surface area (Å²) in [6, 6.07) is 4.70. The molecule has 0 N–H and O–H groups in total. The number of hydrogen-bond donors (Lipinski definition) is 0. The highest BCUT2D eigenvalue weighted by molar-refractivity contribution is 14.1. The quantitative estimate of drug-likeness (QED) is 0.325. The highest BCUT2D eigenvalue weighted by atomic mass is 127. The van der Waals surface area contributed by atoms with E-state index in [4.69, 9.17) is 11.6 Å². The van der Waals surface area contributed by atoms with Gasteiger partial charge in [0.1, 0.15) is 5.82 Å². The molecule has 1 aliphatic rings. The van der Waals surface area contributed by atoms with Crippen molar-refractivity contribution in [2.24, 2.45) is 0 Å². The SMILES string of the molecule is CC1c2ccc(F)cc2C(=CC(=O)Cl)C1I. The van der Waals surface area contributed by atoms with Gasteiger partial charge in [-0.05, 0) is 46.4 Å². The number of allylic oxidation sites excluding steroid dienone is 2. The Morgan fingerprint density at radius 2 is 2.25 bits per heavy atom. The van der Waals surface area contributed by atoms with Gasteiger partial charge in [0.2, 0.25) is 5.24 Å². The van der Waals surface area contributed by atoms with Gasteiger partial charge >= 0.3 is 0 Å². The molecule has 2 unspecified atom stereocenters. The van der Waals surface area contributed by atoms with Crippen LogP contribution in [0.5, 0.6) is 0 Å². The number of halogens is 3. The van der Waals surface area contributed by atoms with E-state index < -0.39 is 5.24 Å². The Balaban J connectivity index is 2.60. The van der Waals surface area contributed by atoms with Crippen molar-refractivity contribution in [2.45, 2.75) is 16.8 Å². The first-order valence-electron chi connectivity index (χ1n) is 4.85. The molecule has 0 aromatic heterocycles. The molecule has 0 spiro atoms. The molecule has 0 heterocycles. The molecule has 1 aromatic rings. The Kier molecular flexibility index (Phi) is 3.35. The molecular weight excluding hydrogens is 341 g/mol. The van der Waals surface area contributed by atoms with Gasteiger partial charge in [0.25, 0.3) is 0 Å². The van der Waals surface area contributed by atoms with Crippen molar-refractivity contribution < 1.29 is 9.18 Å². The fraction of sp³-hybridized carbons (Fsp3) is 0.250. The van der Waals surface area contributed by atoms with Gasteiger partial charge < -0.3 is 0 Å². The lowest BCUT2D eigenvalue weighted by atomic mass is 10.0. The average molecular weight is 351 g/mol. The summed E-state index contributed by atoms with van der Waals surface area (Å²) in [5, 5.41) is -0.513. The van der Waals surface area contributed by atoms with Crippen LogP contribution in [0.25, 0.3) is 5.57 Å². The maximum Gasteiger partial charge on any atom is 0.245 e. The molecule has 2 rings (SSSR count). The third-order valence-electron chi connectivity index (χ3n) is 2.82. The summed E-state index contributed by atoms with van der Waals surface area (Å²) in [6.45, 7) is 2.06. The molecule has 1 aliphatic carbocycles. The monoisotopic (exact) mass is 350 g/mol. The van der Waals surface area contributed by atoms with Crippen molar-refractivity contribution in [2.75, 3.05) is 0 Å². The fourth-order valence-corrected chi connectivity index (χ4v) is 3.05. The molecular formula is C12H9ClFIO. The molecule has 0 amide bonds. The number of fused-ring (bicyclic) bond motifs is 1. The highest BCUT2D eigenvalue weighted by Gasteiger charge is 2.32. The van der Waals surface area contributed by atoms with Crippen LogP contribution in [0.15, 0.2) is 24.3 Å². The summed E-state index contributed by atoms with van der Waals surface area (Å²) in [5.41, 5.74) is 2.70. The van der Waals surface area contributed by atoms with Crippen molar-refractivity contribution in [1.82, 2.24) is 0 Å². The third-order valence-corrected chi connectivity index (χ3v) is 4.68. The topological polar surface area (TPSA) is 17.1 Å². The van der Waals surface area contributed by atoms with Gasteiger partial charge in [-0.25, -0.2) is 4.39 Å². The minimum absolute atomic E-state index is 0.164. The smallest absolute Gasteiger partial charge is 0.245 e. The molecule has 4 heteroatoms. The van der Waals surface area contributed by atoms with Crippen LogP contribution in [0.4, 0.5) is 4.39 Å². The lowest BCUT2D eigenvalue weighted by Crippen LogP contribution is -2.01.